The van der Waals surface area contributed by atoms with E-state index in [9.17, 15) is 22.8 Å². The predicted octanol–water partition coefficient (Wildman–Crippen LogP) is 1.68. The van der Waals surface area contributed by atoms with Crippen molar-refractivity contribution in [1.82, 2.24) is 25.1 Å². The van der Waals surface area contributed by atoms with E-state index in [1.54, 1.807) is 12.1 Å². The summed E-state index contributed by atoms with van der Waals surface area (Å²) in [6.07, 6.45) is 9.14. The number of carbonyl (C=O) groups excluding carboxylic acids is 3. The minimum Gasteiger partial charge on any atom is -0.351 e. The van der Waals surface area contributed by atoms with Crippen LogP contribution in [0.1, 0.15) is 61.9 Å². The van der Waals surface area contributed by atoms with Crippen LogP contribution in [-0.2, 0) is 19.6 Å². The first-order valence-corrected chi connectivity index (χ1v) is 13.7. The first-order chi connectivity index (χ1) is 17.3. The van der Waals surface area contributed by atoms with Crippen LogP contribution in [0, 0.1) is 5.92 Å². The van der Waals surface area contributed by atoms with E-state index in [2.05, 4.69) is 20.8 Å². The van der Waals surface area contributed by atoms with Gasteiger partial charge in [0.2, 0.25) is 11.7 Å². The van der Waals surface area contributed by atoms with Crippen molar-refractivity contribution in [3.8, 4) is 0 Å². The van der Waals surface area contributed by atoms with Gasteiger partial charge in [0.05, 0.1) is 18.8 Å². The van der Waals surface area contributed by atoms with E-state index < -0.39 is 39.7 Å². The summed E-state index contributed by atoms with van der Waals surface area (Å²) < 4.78 is 31.9. The van der Waals surface area contributed by atoms with Gasteiger partial charge in [-0.25, -0.2) is 13.4 Å². The lowest BCUT2D eigenvalue weighted by atomic mass is 9.84. The van der Waals surface area contributed by atoms with Gasteiger partial charge in [-0.15, -0.1) is 0 Å². The van der Waals surface area contributed by atoms with Crippen molar-refractivity contribution in [2.75, 3.05) is 13.1 Å². The normalized spacial score (nSPS) is 20.9. The minimum absolute atomic E-state index is 0.00245. The molecule has 1 unspecified atom stereocenters. The van der Waals surface area contributed by atoms with Gasteiger partial charge >= 0.3 is 0 Å². The minimum atomic E-state index is -3.93. The van der Waals surface area contributed by atoms with Crippen molar-refractivity contribution in [1.29, 1.82) is 0 Å². The number of hydrogen-bond acceptors (Lipinski definition) is 8. The number of Topliss-reactive ketones (excluding diaryl/α,β-unsaturated/α-hetero) is 1. The first kappa shape index (κ1) is 26.0. The summed E-state index contributed by atoms with van der Waals surface area (Å²) >= 11 is 0. The van der Waals surface area contributed by atoms with Crippen LogP contribution >= 0.6 is 0 Å². The lowest BCUT2D eigenvalue weighted by Gasteiger charge is -2.27. The first-order valence-electron chi connectivity index (χ1n) is 12.3. The summed E-state index contributed by atoms with van der Waals surface area (Å²) in [5, 5.41) is 8.92. The van der Waals surface area contributed by atoms with Crippen molar-refractivity contribution in [2.24, 2.45) is 5.92 Å². The number of hydrogen-bond donors (Lipinski definition) is 2. The highest BCUT2D eigenvalue weighted by Gasteiger charge is 2.35. The number of aromatic nitrogens is 2. The molecule has 2 aromatic rings. The van der Waals surface area contributed by atoms with Gasteiger partial charge in [0, 0.05) is 18.8 Å². The highest BCUT2D eigenvalue weighted by Crippen LogP contribution is 2.27. The van der Waals surface area contributed by atoms with Crippen LogP contribution in [-0.4, -0.2) is 65.6 Å². The number of amides is 2. The van der Waals surface area contributed by atoms with Gasteiger partial charge in [-0.3, -0.25) is 14.4 Å². The fraction of sp³-hybridized carbons (Fsp3) is 0.542. The summed E-state index contributed by atoms with van der Waals surface area (Å²) in [7, 11) is -3.93. The highest BCUT2D eigenvalue weighted by molar-refractivity contribution is 7.89. The number of nitrogens with one attached hydrogen (secondary N) is 2. The molecule has 2 fully saturated rings. The molecular formula is C24H31N5O6S. The van der Waals surface area contributed by atoms with E-state index in [-0.39, 0.29) is 29.8 Å². The quantitative estimate of drug-likeness (QED) is 0.537. The molecule has 4 rings (SSSR count). The summed E-state index contributed by atoms with van der Waals surface area (Å²) in [6.45, 7) is -0.216. The SMILES string of the molecule is O=C(N[C@@H](CC1CCCCC1)C(=O)NC1CCCN(S(=O)(=O)c2ccccn2)CC1=O)c1ccno1. The monoisotopic (exact) mass is 517 g/mol. The maximum Gasteiger partial charge on any atom is 0.290 e. The summed E-state index contributed by atoms with van der Waals surface area (Å²) in [5.41, 5.74) is 0. The van der Waals surface area contributed by atoms with E-state index >= 15 is 0 Å². The van der Waals surface area contributed by atoms with Crippen LogP contribution in [0.15, 0.2) is 46.2 Å². The molecule has 194 valence electrons. The van der Waals surface area contributed by atoms with Gasteiger partial charge in [0.1, 0.15) is 6.04 Å². The third kappa shape index (κ3) is 6.35. The molecule has 1 saturated heterocycles. The fourth-order valence-corrected chi connectivity index (χ4v) is 6.18. The maximum absolute atomic E-state index is 13.3. The van der Waals surface area contributed by atoms with Gasteiger partial charge < -0.3 is 15.2 Å². The lowest BCUT2D eigenvalue weighted by molar-refractivity contribution is -0.129. The zero-order valence-electron chi connectivity index (χ0n) is 20.0. The maximum atomic E-state index is 13.3. The second-order valence-corrected chi connectivity index (χ2v) is 11.2. The molecule has 0 aromatic carbocycles. The Bertz CT molecular complexity index is 1150. The molecule has 0 radical (unpaired) electrons. The summed E-state index contributed by atoms with van der Waals surface area (Å²) in [5.74, 6) is -1.14. The Balaban J connectivity index is 1.43. The van der Waals surface area contributed by atoms with E-state index in [4.69, 9.17) is 4.52 Å². The number of rotatable bonds is 8. The van der Waals surface area contributed by atoms with Crippen LogP contribution in [0.5, 0.6) is 0 Å². The molecule has 2 N–H and O–H groups in total. The molecule has 11 nitrogen and oxygen atoms in total. The third-order valence-corrected chi connectivity index (χ3v) is 8.52. The Kier molecular flexibility index (Phi) is 8.47. The highest BCUT2D eigenvalue weighted by atomic mass is 32.2. The standard InChI is InChI=1S/C24H31N5O6S/c30-20-16-29(36(33,34)22-10-4-5-12-25-22)14-6-9-18(20)27-23(31)19(15-17-7-2-1-3-8-17)28-24(32)21-11-13-26-35-21/h4-5,10-13,17-19H,1-3,6-9,14-16H2,(H,27,31)(H,28,32)/t18?,19-/m0/s1. The molecular weight excluding hydrogens is 486 g/mol. The van der Waals surface area contributed by atoms with E-state index in [0.29, 0.717) is 19.3 Å². The van der Waals surface area contributed by atoms with Crippen LogP contribution in [0.4, 0.5) is 0 Å². The van der Waals surface area contributed by atoms with Gasteiger partial charge in [-0.1, -0.05) is 43.3 Å². The van der Waals surface area contributed by atoms with E-state index in [0.717, 1.165) is 36.4 Å². The Morgan fingerprint density at radius 2 is 1.89 bits per heavy atom. The Morgan fingerprint density at radius 1 is 1.08 bits per heavy atom. The molecule has 12 heteroatoms. The lowest BCUT2D eigenvalue weighted by Crippen LogP contribution is -2.53. The van der Waals surface area contributed by atoms with Crippen molar-refractivity contribution in [3.63, 3.8) is 0 Å². The molecule has 0 spiro atoms. The topological polar surface area (TPSA) is 152 Å². The van der Waals surface area contributed by atoms with Crippen LogP contribution in [0.25, 0.3) is 0 Å². The number of carbonyl (C=O) groups is 3. The van der Waals surface area contributed by atoms with Crippen LogP contribution in [0.3, 0.4) is 0 Å². The van der Waals surface area contributed by atoms with Gasteiger partial charge in [0.25, 0.3) is 15.9 Å². The molecule has 2 atom stereocenters. The third-order valence-electron chi connectivity index (χ3n) is 6.76. The smallest absolute Gasteiger partial charge is 0.290 e. The molecule has 2 amide bonds. The van der Waals surface area contributed by atoms with Gasteiger partial charge in [-0.05, 0) is 37.3 Å². The predicted molar refractivity (Wildman–Crippen MR) is 128 cm³/mol. The Hall–Kier alpha value is -3.12. The van der Waals surface area contributed by atoms with Gasteiger partial charge in [0.15, 0.2) is 10.8 Å². The van der Waals surface area contributed by atoms with Crippen molar-refractivity contribution >= 4 is 27.6 Å². The molecule has 3 heterocycles. The van der Waals surface area contributed by atoms with Crippen molar-refractivity contribution in [2.45, 2.75) is 68.5 Å². The van der Waals surface area contributed by atoms with Gasteiger partial charge in [-0.2, -0.15) is 4.31 Å². The summed E-state index contributed by atoms with van der Waals surface area (Å²) in [4.78, 5) is 42.8. The van der Waals surface area contributed by atoms with Crippen LogP contribution in [0.2, 0.25) is 0 Å². The van der Waals surface area contributed by atoms with E-state index in [1.807, 2.05) is 0 Å². The second-order valence-electron chi connectivity index (χ2n) is 9.32. The Morgan fingerprint density at radius 3 is 2.58 bits per heavy atom. The number of ketones is 1. The average Bonchev–Trinajstić information content (AvgIpc) is 3.36. The molecule has 1 aliphatic carbocycles. The molecule has 2 aliphatic rings. The Labute approximate surface area is 210 Å². The summed E-state index contributed by atoms with van der Waals surface area (Å²) in [6, 6.07) is 4.28. The molecule has 36 heavy (non-hydrogen) atoms. The zero-order valence-corrected chi connectivity index (χ0v) is 20.8. The molecule has 2 aromatic heterocycles. The number of nitrogens with zero attached hydrogens (tertiary/aromatic N) is 3. The number of sulfonamides is 1. The van der Waals surface area contributed by atoms with Crippen molar-refractivity contribution in [3.05, 3.63) is 42.4 Å². The molecule has 1 aliphatic heterocycles. The fourth-order valence-electron chi connectivity index (χ4n) is 4.81. The molecule has 0 bridgehead atoms. The number of pyridine rings is 1. The molecule has 1 saturated carbocycles. The average molecular weight is 518 g/mol. The van der Waals surface area contributed by atoms with E-state index in [1.165, 1.54) is 24.5 Å². The largest absolute Gasteiger partial charge is 0.351 e. The zero-order chi connectivity index (χ0) is 25.5. The van der Waals surface area contributed by atoms with Crippen molar-refractivity contribution < 1.29 is 27.3 Å². The van der Waals surface area contributed by atoms with Crippen LogP contribution < -0.4 is 10.6 Å². The second kappa shape index (κ2) is 11.7.